The van der Waals surface area contributed by atoms with Gasteiger partial charge in [-0.2, -0.15) is 0 Å². The van der Waals surface area contributed by atoms with E-state index in [-0.39, 0.29) is 78.2 Å². The van der Waals surface area contributed by atoms with Crippen molar-refractivity contribution in [3.05, 3.63) is 120 Å². The number of carbonyl (C=O) groups is 12. The molecule has 0 heterocycles. The molecule has 0 saturated carbocycles. The molecule has 0 aliphatic heterocycles. The van der Waals surface area contributed by atoms with Crippen LogP contribution in [0.5, 0.6) is 17.2 Å². The first-order valence-electron chi connectivity index (χ1n) is 25.4. The fourth-order valence-corrected chi connectivity index (χ4v) is 6.27. The van der Waals surface area contributed by atoms with Gasteiger partial charge in [0.25, 0.3) is 15.3 Å². The van der Waals surface area contributed by atoms with Crippen molar-refractivity contribution in [1.82, 2.24) is 0 Å². The molecule has 37 nitrogen and oxygen atoms in total. The molecule has 0 saturated heterocycles. The summed E-state index contributed by atoms with van der Waals surface area (Å²) in [5.74, 6) is -17.8. The van der Waals surface area contributed by atoms with Crippen LogP contribution in [0.4, 0.5) is 0 Å². The Labute approximate surface area is 493 Å². The standard InChI is InChI=1S/C51H53N3O34/c55-39(77-30-44(60)86-36-16-4-1-13-33(36)47(63)79-27-41(57)74-19-7-10-22-83-52(68)69)25-51(67,50(66)82-32-46(62)88-38-18-6-3-15-35(38)49(65)81-29-43(59)76-21-9-12-24-85-54(72)73)26-40(56)78-31-45(61)87-37-17-5-2-14-34(37)48(64)80-28-42(58)75-20-8-11-23-84-53(70)71/h1-6,13-18,67H,7-12,19-32H2. The molecule has 3 aromatic rings. The normalized spacial score (nSPS) is 10.5. The summed E-state index contributed by atoms with van der Waals surface area (Å²) in [7, 11) is 0. The second kappa shape index (κ2) is 38.7. The lowest BCUT2D eigenvalue weighted by atomic mass is 9.95. The van der Waals surface area contributed by atoms with Gasteiger partial charge in [-0.25, -0.2) is 47.9 Å². The van der Waals surface area contributed by atoms with Crippen molar-refractivity contribution in [1.29, 1.82) is 0 Å². The highest BCUT2D eigenvalue weighted by Gasteiger charge is 2.44. The number of carbonyl (C=O) groups excluding carboxylic acids is 12. The van der Waals surface area contributed by atoms with E-state index in [2.05, 4.69) is 14.5 Å². The summed E-state index contributed by atoms with van der Waals surface area (Å²) in [6, 6.07) is 14.3. The first-order valence-corrected chi connectivity index (χ1v) is 25.4. The van der Waals surface area contributed by atoms with E-state index in [0.29, 0.717) is 0 Å². The fourth-order valence-electron chi connectivity index (χ4n) is 6.27. The van der Waals surface area contributed by atoms with Crippen LogP contribution in [0, 0.1) is 30.3 Å². The van der Waals surface area contributed by atoms with Gasteiger partial charge in [0.15, 0.2) is 45.2 Å². The lowest BCUT2D eigenvalue weighted by Crippen LogP contribution is -2.46. The minimum absolute atomic E-state index is 0.149. The molecule has 3 rings (SSSR count). The van der Waals surface area contributed by atoms with Gasteiger partial charge >= 0.3 is 71.6 Å². The Kier molecular flexibility index (Phi) is 31.2. The summed E-state index contributed by atoms with van der Waals surface area (Å²) in [5.41, 5.74) is -4.72. The van der Waals surface area contributed by atoms with Gasteiger partial charge in [0.2, 0.25) is 0 Å². The molecule has 0 aromatic heterocycles. The molecule has 0 fully saturated rings. The number of nitrogens with zero attached hydrogens (tertiary/aromatic N) is 3. The van der Waals surface area contributed by atoms with Crippen LogP contribution >= 0.6 is 0 Å². The molecule has 0 unspecified atom stereocenters. The number of esters is 12. The van der Waals surface area contributed by atoms with Crippen molar-refractivity contribution < 1.29 is 149 Å². The average molecular weight is 1250 g/mol. The number of unbranched alkanes of at least 4 members (excludes halogenated alkanes) is 3. The van der Waals surface area contributed by atoms with Crippen LogP contribution in [0.25, 0.3) is 0 Å². The van der Waals surface area contributed by atoms with Gasteiger partial charge in [-0.3, -0.25) is 9.59 Å². The molecule has 0 aliphatic rings. The van der Waals surface area contributed by atoms with E-state index in [1.165, 1.54) is 36.4 Å². The van der Waals surface area contributed by atoms with Crippen molar-refractivity contribution in [3.8, 4) is 17.2 Å². The summed E-state index contributed by atoms with van der Waals surface area (Å²) in [6.45, 7) is -8.28. The third kappa shape index (κ3) is 28.9. The topological polar surface area (TPSA) is 493 Å². The third-order valence-corrected chi connectivity index (χ3v) is 10.2. The Morgan fingerprint density at radius 3 is 0.898 bits per heavy atom. The fraction of sp³-hybridized carbons (Fsp3) is 0.412. The van der Waals surface area contributed by atoms with Gasteiger partial charge in [-0.05, 0) is 74.9 Å². The van der Waals surface area contributed by atoms with Crippen LogP contribution in [-0.2, 0) is 100 Å². The maximum absolute atomic E-state index is 13.5. The summed E-state index contributed by atoms with van der Waals surface area (Å²) in [4.78, 5) is 196. The Morgan fingerprint density at radius 2 is 0.602 bits per heavy atom. The zero-order chi connectivity index (χ0) is 64.9. The zero-order valence-corrected chi connectivity index (χ0v) is 45.8. The molecule has 0 amide bonds. The Hall–Kier alpha value is -11.1. The second-order valence-electron chi connectivity index (χ2n) is 16.9. The van der Waals surface area contributed by atoms with E-state index in [1.54, 1.807) is 0 Å². The molecule has 0 bridgehead atoms. The number of para-hydroxylation sites is 3. The minimum Gasteiger partial charge on any atom is -0.463 e. The highest BCUT2D eigenvalue weighted by Crippen LogP contribution is 2.24. The quantitative estimate of drug-likeness (QED) is 0.0207. The molecule has 37 heteroatoms. The molecule has 0 aliphatic carbocycles. The van der Waals surface area contributed by atoms with Crippen molar-refractivity contribution in [2.45, 2.75) is 57.0 Å². The van der Waals surface area contributed by atoms with Gasteiger partial charge in [-0.15, -0.1) is 30.3 Å². The van der Waals surface area contributed by atoms with Crippen molar-refractivity contribution in [3.63, 3.8) is 0 Å². The lowest BCUT2D eigenvalue weighted by molar-refractivity contribution is -0.757. The molecule has 0 spiro atoms. The van der Waals surface area contributed by atoms with Crippen LogP contribution in [0.1, 0.15) is 82.4 Å². The second-order valence-corrected chi connectivity index (χ2v) is 16.9. The van der Waals surface area contributed by atoms with Gasteiger partial charge in [0, 0.05) is 0 Å². The summed E-state index contributed by atoms with van der Waals surface area (Å²) >= 11 is 0. The van der Waals surface area contributed by atoms with E-state index >= 15 is 0 Å². The van der Waals surface area contributed by atoms with Gasteiger partial charge in [0.1, 0.15) is 33.9 Å². The molecule has 0 radical (unpaired) electrons. The van der Waals surface area contributed by atoms with E-state index in [1.807, 2.05) is 0 Å². The maximum atomic E-state index is 13.5. The van der Waals surface area contributed by atoms with Crippen LogP contribution < -0.4 is 14.2 Å². The van der Waals surface area contributed by atoms with Crippen molar-refractivity contribution >= 4 is 71.6 Å². The van der Waals surface area contributed by atoms with Crippen LogP contribution in [0.3, 0.4) is 0 Å². The van der Waals surface area contributed by atoms with Crippen LogP contribution in [0.2, 0.25) is 0 Å². The molecule has 476 valence electrons. The third-order valence-electron chi connectivity index (χ3n) is 10.2. The molecular formula is C51H53N3O34. The monoisotopic (exact) mass is 1250 g/mol. The van der Waals surface area contributed by atoms with Crippen molar-refractivity contribution in [2.75, 3.05) is 79.3 Å². The molecule has 3 aromatic carbocycles. The molecule has 1 N–H and O–H groups in total. The van der Waals surface area contributed by atoms with Gasteiger partial charge < -0.3 is 76.5 Å². The highest BCUT2D eigenvalue weighted by atomic mass is 17.0. The minimum atomic E-state index is -3.40. The first-order chi connectivity index (χ1) is 42.0. The largest absolute Gasteiger partial charge is 0.463 e. The van der Waals surface area contributed by atoms with E-state index in [4.69, 9.17) is 56.8 Å². The zero-order valence-electron chi connectivity index (χ0n) is 45.8. The maximum Gasteiger partial charge on any atom is 0.349 e. The van der Waals surface area contributed by atoms with E-state index in [9.17, 15) is 93.0 Å². The Bertz CT molecular complexity index is 2850. The SMILES string of the molecule is O=C(COC(=O)c1ccccc1OC(=O)COC(=O)CC(O)(CC(=O)OCC(=O)Oc1ccccc1C(=O)OCC(=O)OCCCCO[N+](=O)[O-])C(=O)OCC(=O)Oc1ccccc1C(=O)OCC(=O)OCCCCO[N+](=O)[O-])OCCCCO[N+](=O)[O-]. The van der Waals surface area contributed by atoms with Crippen LogP contribution in [-0.4, -0.2) is 177 Å². The summed E-state index contributed by atoms with van der Waals surface area (Å²) in [5, 5.41) is 39.2. The smallest absolute Gasteiger partial charge is 0.349 e. The van der Waals surface area contributed by atoms with Crippen molar-refractivity contribution in [2.24, 2.45) is 0 Å². The van der Waals surface area contributed by atoms with E-state index < -0.39 is 179 Å². The highest BCUT2D eigenvalue weighted by molar-refractivity contribution is 5.97. The summed E-state index contributed by atoms with van der Waals surface area (Å²) in [6.07, 6.45) is -2.23. The number of hydrogen-bond donors (Lipinski definition) is 1. The summed E-state index contributed by atoms with van der Waals surface area (Å²) < 4.78 is 59.1. The molecule has 0 atom stereocenters. The predicted molar refractivity (Wildman–Crippen MR) is 274 cm³/mol. The number of aliphatic hydroxyl groups is 1. The van der Waals surface area contributed by atoms with Gasteiger partial charge in [-0.1, -0.05) is 36.4 Å². The number of benzene rings is 3. The Morgan fingerprint density at radius 1 is 0.341 bits per heavy atom. The lowest BCUT2D eigenvalue weighted by Gasteiger charge is -2.24. The number of hydrogen-bond acceptors (Lipinski definition) is 34. The predicted octanol–water partition coefficient (Wildman–Crippen LogP) is 1.01. The molecule has 88 heavy (non-hydrogen) atoms. The number of ether oxygens (including phenoxy) is 12. The van der Waals surface area contributed by atoms with Gasteiger partial charge in [0.05, 0.1) is 52.5 Å². The number of rotatable bonds is 41. The van der Waals surface area contributed by atoms with E-state index in [0.717, 1.165) is 36.4 Å². The first kappa shape index (κ1) is 71.1. The average Bonchev–Trinajstić information content (AvgIpc) is 3.50. The molecular weight excluding hydrogens is 1200 g/mol. The Balaban J connectivity index is 1.67. The van der Waals surface area contributed by atoms with Crippen LogP contribution in [0.15, 0.2) is 72.8 Å².